The summed E-state index contributed by atoms with van der Waals surface area (Å²) in [5.74, 6) is 1.34. The molecule has 2 N–H and O–H groups in total. The van der Waals surface area contributed by atoms with Crippen molar-refractivity contribution in [2.45, 2.75) is 38.6 Å². The van der Waals surface area contributed by atoms with E-state index >= 15 is 0 Å². The Morgan fingerprint density at radius 1 is 1.50 bits per heavy atom. The number of carbonyl (C=O) groups is 1. The van der Waals surface area contributed by atoms with Crippen LogP contribution in [0.1, 0.15) is 42.2 Å². The van der Waals surface area contributed by atoms with Gasteiger partial charge in [-0.15, -0.1) is 0 Å². The number of hydrogen-bond acceptors (Lipinski definition) is 3. The van der Waals surface area contributed by atoms with Crippen LogP contribution in [0.3, 0.4) is 0 Å². The molecule has 0 spiro atoms. The SMILES string of the molecule is CCc1nn(C)cc1C(=O)NC1C2CCC(C2)C1CO. The van der Waals surface area contributed by atoms with Gasteiger partial charge in [0.25, 0.3) is 5.91 Å². The zero-order valence-electron chi connectivity index (χ0n) is 12.2. The first kappa shape index (κ1) is 13.6. The lowest BCUT2D eigenvalue weighted by Gasteiger charge is -2.30. The van der Waals surface area contributed by atoms with Crippen LogP contribution < -0.4 is 5.32 Å². The molecule has 0 saturated heterocycles. The van der Waals surface area contributed by atoms with Gasteiger partial charge in [-0.1, -0.05) is 6.92 Å². The molecule has 0 aromatic carbocycles. The maximum atomic E-state index is 12.5. The molecule has 3 rings (SSSR count). The second kappa shape index (κ2) is 5.20. The Bertz CT molecular complexity index is 511. The van der Waals surface area contributed by atoms with Crippen LogP contribution in [0.25, 0.3) is 0 Å². The fraction of sp³-hybridized carbons (Fsp3) is 0.733. The topological polar surface area (TPSA) is 67.2 Å². The second-order valence-corrected chi connectivity index (χ2v) is 6.20. The number of nitrogens with zero attached hydrogens (tertiary/aromatic N) is 2. The van der Waals surface area contributed by atoms with Crippen LogP contribution in [0.2, 0.25) is 0 Å². The Kier molecular flexibility index (Phi) is 3.54. The summed E-state index contributed by atoms with van der Waals surface area (Å²) in [6.07, 6.45) is 6.08. The minimum Gasteiger partial charge on any atom is -0.396 e. The van der Waals surface area contributed by atoms with E-state index in [-0.39, 0.29) is 24.5 Å². The predicted octanol–water partition coefficient (Wildman–Crippen LogP) is 1.12. The van der Waals surface area contributed by atoms with E-state index in [9.17, 15) is 9.90 Å². The summed E-state index contributed by atoms with van der Waals surface area (Å²) >= 11 is 0. The van der Waals surface area contributed by atoms with Crippen molar-refractivity contribution in [2.24, 2.45) is 24.8 Å². The average Bonchev–Trinajstić information content (AvgIpc) is 3.12. The van der Waals surface area contributed by atoms with Crippen molar-refractivity contribution in [3.63, 3.8) is 0 Å². The van der Waals surface area contributed by atoms with Crippen LogP contribution in [0, 0.1) is 17.8 Å². The Hall–Kier alpha value is -1.36. The van der Waals surface area contributed by atoms with Gasteiger partial charge in [0, 0.05) is 31.8 Å². The van der Waals surface area contributed by atoms with Gasteiger partial charge >= 0.3 is 0 Å². The van der Waals surface area contributed by atoms with Crippen LogP contribution in [0.4, 0.5) is 0 Å². The highest BCUT2D eigenvalue weighted by Crippen LogP contribution is 2.48. The first-order valence-corrected chi connectivity index (χ1v) is 7.58. The minimum atomic E-state index is -0.0362. The quantitative estimate of drug-likeness (QED) is 0.866. The maximum absolute atomic E-state index is 12.5. The molecule has 1 amide bonds. The van der Waals surface area contributed by atoms with Gasteiger partial charge < -0.3 is 10.4 Å². The van der Waals surface area contributed by atoms with E-state index in [0.29, 0.717) is 17.4 Å². The van der Waals surface area contributed by atoms with Crippen LogP contribution >= 0.6 is 0 Å². The smallest absolute Gasteiger partial charge is 0.254 e. The van der Waals surface area contributed by atoms with Gasteiger partial charge in [-0.25, -0.2) is 0 Å². The lowest BCUT2D eigenvalue weighted by Crippen LogP contribution is -2.45. The molecule has 1 aromatic heterocycles. The molecule has 5 heteroatoms. The van der Waals surface area contributed by atoms with E-state index in [2.05, 4.69) is 10.4 Å². The molecule has 1 heterocycles. The molecule has 0 aliphatic heterocycles. The first-order chi connectivity index (χ1) is 9.63. The maximum Gasteiger partial charge on any atom is 0.254 e. The molecule has 110 valence electrons. The molecule has 2 aliphatic rings. The summed E-state index contributed by atoms with van der Waals surface area (Å²) in [5, 5.41) is 17.1. The van der Waals surface area contributed by atoms with Crippen molar-refractivity contribution in [1.82, 2.24) is 15.1 Å². The van der Waals surface area contributed by atoms with E-state index in [1.165, 1.54) is 12.8 Å². The highest BCUT2D eigenvalue weighted by molar-refractivity contribution is 5.95. The van der Waals surface area contributed by atoms with E-state index in [1.807, 2.05) is 14.0 Å². The predicted molar refractivity (Wildman–Crippen MR) is 75.2 cm³/mol. The lowest BCUT2D eigenvalue weighted by atomic mass is 9.85. The Labute approximate surface area is 119 Å². The van der Waals surface area contributed by atoms with Gasteiger partial charge in [-0.2, -0.15) is 5.10 Å². The van der Waals surface area contributed by atoms with Gasteiger partial charge in [0.1, 0.15) is 0 Å². The highest BCUT2D eigenvalue weighted by Gasteiger charge is 2.47. The molecule has 2 bridgehead atoms. The van der Waals surface area contributed by atoms with Gasteiger partial charge in [0.05, 0.1) is 11.3 Å². The van der Waals surface area contributed by atoms with Crippen molar-refractivity contribution < 1.29 is 9.90 Å². The van der Waals surface area contributed by atoms with Gasteiger partial charge in [0.15, 0.2) is 0 Å². The third kappa shape index (κ3) is 2.14. The van der Waals surface area contributed by atoms with Gasteiger partial charge in [-0.3, -0.25) is 9.48 Å². The summed E-state index contributed by atoms with van der Waals surface area (Å²) in [5.41, 5.74) is 1.52. The summed E-state index contributed by atoms with van der Waals surface area (Å²) in [7, 11) is 1.84. The first-order valence-electron chi connectivity index (χ1n) is 7.58. The number of aromatic nitrogens is 2. The standard InChI is InChI=1S/C15H23N3O2/c1-3-13-11(7-18(2)17-13)15(20)16-14-10-5-4-9(6-10)12(14)8-19/h7,9-10,12,14,19H,3-6,8H2,1-2H3,(H,16,20). The zero-order valence-corrected chi connectivity index (χ0v) is 12.2. The van der Waals surface area contributed by atoms with Crippen molar-refractivity contribution in [2.75, 3.05) is 6.61 Å². The molecular formula is C15H23N3O2. The minimum absolute atomic E-state index is 0.0362. The number of amides is 1. The molecular weight excluding hydrogens is 254 g/mol. The van der Waals surface area contributed by atoms with Crippen LogP contribution in [0.5, 0.6) is 0 Å². The van der Waals surface area contributed by atoms with Gasteiger partial charge in [-0.05, 0) is 37.5 Å². The normalized spacial score (nSPS) is 31.8. The highest BCUT2D eigenvalue weighted by atomic mass is 16.3. The fourth-order valence-corrected chi connectivity index (χ4v) is 4.11. The average molecular weight is 277 g/mol. The third-order valence-electron chi connectivity index (χ3n) is 5.08. The fourth-order valence-electron chi connectivity index (χ4n) is 4.11. The molecule has 2 fully saturated rings. The van der Waals surface area contributed by atoms with Crippen LogP contribution in [0.15, 0.2) is 6.20 Å². The van der Waals surface area contributed by atoms with Gasteiger partial charge in [0.2, 0.25) is 0 Å². The van der Waals surface area contributed by atoms with Crippen molar-refractivity contribution in [1.29, 1.82) is 0 Å². The number of fused-ring (bicyclic) bond motifs is 2. The zero-order chi connectivity index (χ0) is 14.3. The van der Waals surface area contributed by atoms with E-state index in [0.717, 1.165) is 18.5 Å². The van der Waals surface area contributed by atoms with Crippen molar-refractivity contribution >= 4 is 5.91 Å². The summed E-state index contributed by atoms with van der Waals surface area (Å²) in [6.45, 7) is 2.19. The number of aliphatic hydroxyl groups excluding tert-OH is 1. The van der Waals surface area contributed by atoms with Crippen LogP contribution in [-0.4, -0.2) is 33.4 Å². The molecule has 4 atom stereocenters. The molecule has 0 radical (unpaired) electrons. The van der Waals surface area contributed by atoms with E-state index in [1.54, 1.807) is 10.9 Å². The number of hydrogen-bond donors (Lipinski definition) is 2. The summed E-state index contributed by atoms with van der Waals surface area (Å²) in [4.78, 5) is 12.5. The Balaban J connectivity index is 1.75. The summed E-state index contributed by atoms with van der Waals surface area (Å²) in [6, 6.07) is 0.135. The van der Waals surface area contributed by atoms with E-state index < -0.39 is 0 Å². The van der Waals surface area contributed by atoms with Crippen molar-refractivity contribution in [3.05, 3.63) is 17.5 Å². The molecule has 5 nitrogen and oxygen atoms in total. The lowest BCUT2D eigenvalue weighted by molar-refractivity contribution is 0.0860. The molecule has 1 aromatic rings. The monoisotopic (exact) mass is 277 g/mol. The number of carbonyl (C=O) groups excluding carboxylic acids is 1. The molecule has 20 heavy (non-hydrogen) atoms. The number of nitrogens with one attached hydrogen (secondary N) is 1. The van der Waals surface area contributed by atoms with Crippen LogP contribution in [-0.2, 0) is 13.5 Å². The molecule has 2 saturated carbocycles. The summed E-state index contributed by atoms with van der Waals surface area (Å²) < 4.78 is 1.69. The van der Waals surface area contributed by atoms with E-state index in [4.69, 9.17) is 0 Å². The Morgan fingerprint density at radius 2 is 2.25 bits per heavy atom. The molecule has 2 aliphatic carbocycles. The number of rotatable bonds is 4. The second-order valence-electron chi connectivity index (χ2n) is 6.20. The number of aliphatic hydroxyl groups is 1. The largest absolute Gasteiger partial charge is 0.396 e. The number of aryl methyl sites for hydroxylation is 2. The molecule has 4 unspecified atom stereocenters. The van der Waals surface area contributed by atoms with Crippen molar-refractivity contribution in [3.8, 4) is 0 Å². The third-order valence-corrected chi connectivity index (χ3v) is 5.08. The Morgan fingerprint density at radius 3 is 2.95 bits per heavy atom.